The molecule has 0 radical (unpaired) electrons. The normalized spacial score (nSPS) is 11.3. The zero-order valence-electron chi connectivity index (χ0n) is 31.1. The van der Waals surface area contributed by atoms with E-state index >= 15 is 0 Å². The van der Waals surface area contributed by atoms with E-state index < -0.39 is 7.14 Å². The topological polar surface area (TPSA) is 55.7 Å². The lowest BCUT2D eigenvalue weighted by atomic mass is 9.97. The fraction of sp³-hybridized carbons (Fsp3) is 0. The van der Waals surface area contributed by atoms with Crippen molar-refractivity contribution in [1.82, 2.24) is 15.0 Å². The molecule has 0 bridgehead atoms. The highest BCUT2D eigenvalue weighted by Crippen LogP contribution is 2.43. The van der Waals surface area contributed by atoms with Crippen LogP contribution in [0.1, 0.15) is 0 Å². The molecule has 0 atom stereocenters. The lowest BCUT2D eigenvalue weighted by Crippen LogP contribution is -2.25. The van der Waals surface area contributed by atoms with Crippen LogP contribution in [0.5, 0.6) is 0 Å². The molecule has 0 amide bonds. The second kappa shape index (κ2) is 15.8. The number of benzene rings is 8. The van der Waals surface area contributed by atoms with Gasteiger partial charge in [-0.25, -0.2) is 23.7 Å². The van der Waals surface area contributed by atoms with E-state index in [0.717, 1.165) is 54.9 Å². The van der Waals surface area contributed by atoms with Crippen LogP contribution in [0.2, 0.25) is 0 Å². The molecule has 278 valence electrons. The summed E-state index contributed by atoms with van der Waals surface area (Å²) in [6.45, 7) is 0. The molecule has 0 N–H and O–H groups in total. The second-order valence-corrected chi connectivity index (χ2v) is 16.7. The van der Waals surface area contributed by atoms with E-state index in [9.17, 15) is 13.3 Å². The molecule has 1 heterocycles. The minimum atomic E-state index is -3.09. The molecule has 9 rings (SSSR count). The number of hydrogen-bond acceptors (Lipinski definition) is 4. The first kappa shape index (κ1) is 36.5. The monoisotopic (exact) mass is 773 g/mol. The third-order valence-electron chi connectivity index (χ3n) is 10.2. The number of nitrogens with zero attached hydrogens (tertiary/aromatic N) is 3. The maximum absolute atomic E-state index is 15.0. The van der Waals surface area contributed by atoms with Crippen LogP contribution in [-0.4, -0.2) is 15.0 Å². The van der Waals surface area contributed by atoms with Crippen LogP contribution in [0.4, 0.5) is 8.78 Å². The van der Waals surface area contributed by atoms with Crippen LogP contribution in [-0.2, 0) is 4.57 Å². The summed E-state index contributed by atoms with van der Waals surface area (Å²) < 4.78 is 42.4. The van der Waals surface area contributed by atoms with E-state index in [2.05, 4.69) is 65.6 Å². The van der Waals surface area contributed by atoms with Gasteiger partial charge in [-0.3, -0.25) is 0 Å². The summed E-state index contributed by atoms with van der Waals surface area (Å²) in [6, 6.07) is 64.4. The van der Waals surface area contributed by atoms with Crippen molar-refractivity contribution in [2.24, 2.45) is 0 Å². The molecule has 0 fully saturated rings. The van der Waals surface area contributed by atoms with Gasteiger partial charge in [0.1, 0.15) is 11.6 Å². The van der Waals surface area contributed by atoms with Crippen molar-refractivity contribution in [3.63, 3.8) is 0 Å². The van der Waals surface area contributed by atoms with Crippen LogP contribution >= 0.6 is 7.14 Å². The SMILES string of the molecule is O=P(c1ccccc1)(c1ccccc1)c1cccc(-c2ccc(-c3ccc(-c4ccc(-c5nc(-c6ccc(F)cc6)nc(-c6ccc(F)cc6)n5)cc4)cc3)cc2)c1. The van der Waals surface area contributed by atoms with Gasteiger partial charge in [-0.1, -0.05) is 152 Å². The average Bonchev–Trinajstić information content (AvgIpc) is 3.30. The van der Waals surface area contributed by atoms with Gasteiger partial charge in [0.05, 0.1) is 0 Å². The van der Waals surface area contributed by atoms with E-state index in [-0.39, 0.29) is 11.6 Å². The first-order chi connectivity index (χ1) is 28.4. The zero-order chi connectivity index (χ0) is 39.5. The summed E-state index contributed by atoms with van der Waals surface area (Å²) in [6.07, 6.45) is 0. The summed E-state index contributed by atoms with van der Waals surface area (Å²) in [7, 11) is -3.09. The number of rotatable bonds is 9. The molecule has 7 heteroatoms. The summed E-state index contributed by atoms with van der Waals surface area (Å²) in [5, 5.41) is 2.42. The summed E-state index contributed by atoms with van der Waals surface area (Å²) in [5.74, 6) is 0.527. The van der Waals surface area contributed by atoms with Gasteiger partial charge >= 0.3 is 0 Å². The van der Waals surface area contributed by atoms with Gasteiger partial charge < -0.3 is 4.57 Å². The molecule has 0 aliphatic rings. The van der Waals surface area contributed by atoms with E-state index in [1.54, 1.807) is 24.3 Å². The van der Waals surface area contributed by atoms with E-state index in [4.69, 9.17) is 9.97 Å². The third kappa shape index (κ3) is 7.41. The van der Waals surface area contributed by atoms with E-state index in [1.165, 1.54) is 24.3 Å². The quantitative estimate of drug-likeness (QED) is 0.137. The molecule has 0 saturated heterocycles. The van der Waals surface area contributed by atoms with Crippen molar-refractivity contribution >= 4 is 23.1 Å². The second-order valence-electron chi connectivity index (χ2n) is 13.9. The van der Waals surface area contributed by atoms with Crippen molar-refractivity contribution < 1.29 is 13.3 Å². The highest BCUT2D eigenvalue weighted by atomic mass is 31.2. The number of hydrogen-bond donors (Lipinski definition) is 0. The molecule has 0 aliphatic heterocycles. The highest BCUT2D eigenvalue weighted by molar-refractivity contribution is 7.85. The largest absolute Gasteiger partial charge is 0.309 e. The van der Waals surface area contributed by atoms with Crippen LogP contribution in [0.25, 0.3) is 67.5 Å². The Hall–Kier alpha value is -7.14. The van der Waals surface area contributed by atoms with Crippen LogP contribution < -0.4 is 15.9 Å². The summed E-state index contributed by atoms with van der Waals surface area (Å²) in [5.41, 5.74) is 8.37. The van der Waals surface area contributed by atoms with Gasteiger partial charge in [0.25, 0.3) is 0 Å². The maximum atomic E-state index is 15.0. The number of aromatic nitrogens is 3. The Kier molecular flexibility index (Phi) is 9.93. The van der Waals surface area contributed by atoms with Crippen molar-refractivity contribution in [3.8, 4) is 67.5 Å². The summed E-state index contributed by atoms with van der Waals surface area (Å²) >= 11 is 0. The molecule has 1 aromatic heterocycles. The fourth-order valence-corrected chi connectivity index (χ4v) is 9.78. The van der Waals surface area contributed by atoms with Gasteiger partial charge in [0.15, 0.2) is 24.6 Å². The first-order valence-electron chi connectivity index (χ1n) is 18.8. The van der Waals surface area contributed by atoms with Gasteiger partial charge in [-0.15, -0.1) is 0 Å². The van der Waals surface area contributed by atoms with Gasteiger partial charge in [0.2, 0.25) is 0 Å². The fourth-order valence-electron chi connectivity index (χ4n) is 7.09. The Morgan fingerprint density at radius 1 is 0.293 bits per heavy atom. The molecule has 0 aliphatic carbocycles. The first-order valence-corrected chi connectivity index (χ1v) is 20.5. The lowest BCUT2D eigenvalue weighted by molar-refractivity contribution is 0.592. The van der Waals surface area contributed by atoms with Crippen molar-refractivity contribution in [1.29, 1.82) is 0 Å². The smallest absolute Gasteiger partial charge is 0.171 e. The minimum absolute atomic E-state index is 0.353. The molecule has 58 heavy (non-hydrogen) atoms. The van der Waals surface area contributed by atoms with Gasteiger partial charge in [-0.2, -0.15) is 0 Å². The Labute approximate surface area is 335 Å². The molecule has 0 unspecified atom stereocenters. The van der Waals surface area contributed by atoms with Crippen molar-refractivity contribution in [2.45, 2.75) is 0 Å². The van der Waals surface area contributed by atoms with Crippen LogP contribution in [0, 0.1) is 11.6 Å². The van der Waals surface area contributed by atoms with Crippen LogP contribution in [0.15, 0.2) is 206 Å². The standard InChI is InChI=1S/C51H34F2N3OP/c52-44-30-26-41(27-31-44)50-54-49(55-51(56-50)42-28-32-45(53)33-29-42)40-24-22-38(23-25-40)36-16-14-35(15-17-36)37-18-20-39(21-19-37)43-8-7-13-48(34-43)58(57,46-9-3-1-4-10-46)47-11-5-2-6-12-47/h1-34H. The van der Waals surface area contributed by atoms with E-state index in [0.29, 0.717) is 28.6 Å². The molecule has 8 aromatic carbocycles. The Morgan fingerprint density at radius 2 is 0.586 bits per heavy atom. The Bertz CT molecular complexity index is 2780. The van der Waals surface area contributed by atoms with Crippen molar-refractivity contribution in [2.75, 3.05) is 0 Å². The molecule has 9 aromatic rings. The molecular formula is C51H34F2N3OP. The third-order valence-corrected chi connectivity index (χ3v) is 13.3. The highest BCUT2D eigenvalue weighted by Gasteiger charge is 2.29. The molecule has 0 spiro atoms. The van der Waals surface area contributed by atoms with Crippen molar-refractivity contribution in [3.05, 3.63) is 218 Å². The summed E-state index contributed by atoms with van der Waals surface area (Å²) in [4.78, 5) is 14.1. The van der Waals surface area contributed by atoms with Gasteiger partial charge in [-0.05, 0) is 88.0 Å². The molecule has 4 nitrogen and oxygen atoms in total. The maximum Gasteiger partial charge on any atom is 0.171 e. The molecular weight excluding hydrogens is 740 g/mol. The number of halogens is 2. The van der Waals surface area contributed by atoms with E-state index in [1.807, 2.05) is 97.1 Å². The Balaban J connectivity index is 0.955. The predicted molar refractivity (Wildman–Crippen MR) is 232 cm³/mol. The Morgan fingerprint density at radius 3 is 0.948 bits per heavy atom. The van der Waals surface area contributed by atoms with Gasteiger partial charge in [0, 0.05) is 32.6 Å². The average molecular weight is 774 g/mol. The lowest BCUT2D eigenvalue weighted by Gasteiger charge is -2.20. The minimum Gasteiger partial charge on any atom is -0.309 e. The van der Waals surface area contributed by atoms with Crippen LogP contribution in [0.3, 0.4) is 0 Å². The predicted octanol–water partition coefficient (Wildman–Crippen LogP) is 11.8. The zero-order valence-corrected chi connectivity index (χ0v) is 32.0. The molecule has 0 saturated carbocycles.